The SMILES string of the molecule is CCCCC(=O)N1CCC(N2C(=O)c3ccccc3C2=O)C1. The van der Waals surface area contributed by atoms with Gasteiger partial charge in [0.2, 0.25) is 5.91 Å². The zero-order valence-corrected chi connectivity index (χ0v) is 12.7. The third-order valence-corrected chi connectivity index (χ3v) is 4.45. The van der Waals surface area contributed by atoms with Gasteiger partial charge in [-0.15, -0.1) is 0 Å². The van der Waals surface area contributed by atoms with Crippen LogP contribution in [0.25, 0.3) is 0 Å². The topological polar surface area (TPSA) is 57.7 Å². The number of hydrogen-bond donors (Lipinski definition) is 0. The van der Waals surface area contributed by atoms with Crippen molar-refractivity contribution < 1.29 is 14.4 Å². The van der Waals surface area contributed by atoms with Crippen molar-refractivity contribution in [2.45, 2.75) is 38.6 Å². The number of benzene rings is 1. The highest BCUT2D eigenvalue weighted by Gasteiger charge is 2.42. The Labute approximate surface area is 129 Å². The van der Waals surface area contributed by atoms with Gasteiger partial charge in [0.15, 0.2) is 0 Å². The molecule has 1 saturated heterocycles. The van der Waals surface area contributed by atoms with Gasteiger partial charge >= 0.3 is 0 Å². The molecule has 2 aliphatic rings. The predicted octanol–water partition coefficient (Wildman–Crippen LogP) is 2.07. The Balaban J connectivity index is 1.71. The summed E-state index contributed by atoms with van der Waals surface area (Å²) in [4.78, 5) is 40.1. The van der Waals surface area contributed by atoms with Crippen LogP contribution in [0, 0.1) is 0 Å². The highest BCUT2D eigenvalue weighted by Crippen LogP contribution is 2.28. The highest BCUT2D eigenvalue weighted by molar-refractivity contribution is 6.21. The molecular weight excluding hydrogens is 280 g/mol. The lowest BCUT2D eigenvalue weighted by Gasteiger charge is -2.22. The number of fused-ring (bicyclic) bond motifs is 1. The minimum Gasteiger partial charge on any atom is -0.341 e. The fourth-order valence-electron chi connectivity index (χ4n) is 3.20. The molecule has 2 aliphatic heterocycles. The first-order chi connectivity index (χ1) is 10.6. The van der Waals surface area contributed by atoms with Crippen molar-refractivity contribution in [2.24, 2.45) is 0 Å². The summed E-state index contributed by atoms with van der Waals surface area (Å²) in [6.45, 7) is 3.15. The average molecular weight is 300 g/mol. The molecule has 1 aromatic rings. The zero-order valence-electron chi connectivity index (χ0n) is 12.7. The number of likely N-dealkylation sites (tertiary alicyclic amines) is 1. The van der Waals surface area contributed by atoms with Crippen LogP contribution in [0.15, 0.2) is 24.3 Å². The molecule has 1 aromatic carbocycles. The molecule has 0 radical (unpaired) electrons. The van der Waals surface area contributed by atoms with E-state index in [0.29, 0.717) is 37.1 Å². The number of hydrogen-bond acceptors (Lipinski definition) is 3. The monoisotopic (exact) mass is 300 g/mol. The predicted molar refractivity (Wildman–Crippen MR) is 81.5 cm³/mol. The third kappa shape index (κ3) is 2.40. The number of carbonyl (C=O) groups excluding carboxylic acids is 3. The number of amides is 3. The summed E-state index contributed by atoms with van der Waals surface area (Å²) >= 11 is 0. The molecule has 1 fully saturated rings. The van der Waals surface area contributed by atoms with E-state index in [0.717, 1.165) is 12.8 Å². The van der Waals surface area contributed by atoms with Gasteiger partial charge < -0.3 is 4.90 Å². The molecule has 0 spiro atoms. The van der Waals surface area contributed by atoms with E-state index in [2.05, 4.69) is 6.92 Å². The molecular formula is C17H20N2O3. The van der Waals surface area contributed by atoms with Gasteiger partial charge in [-0.05, 0) is 25.0 Å². The summed E-state index contributed by atoms with van der Waals surface area (Å²) in [5.41, 5.74) is 0.950. The fraction of sp³-hybridized carbons (Fsp3) is 0.471. The highest BCUT2D eigenvalue weighted by atomic mass is 16.2. The molecule has 1 atom stereocenters. The summed E-state index contributed by atoms with van der Waals surface area (Å²) in [6.07, 6.45) is 3.09. The van der Waals surface area contributed by atoms with Crippen LogP contribution in [-0.4, -0.2) is 46.7 Å². The molecule has 5 heteroatoms. The van der Waals surface area contributed by atoms with Gasteiger partial charge in [0.1, 0.15) is 0 Å². The largest absolute Gasteiger partial charge is 0.341 e. The normalized spacial score (nSPS) is 20.7. The van der Waals surface area contributed by atoms with E-state index in [4.69, 9.17) is 0 Å². The molecule has 116 valence electrons. The lowest BCUT2D eigenvalue weighted by Crippen LogP contribution is -2.42. The van der Waals surface area contributed by atoms with Gasteiger partial charge in [0.25, 0.3) is 11.8 Å². The van der Waals surface area contributed by atoms with Crippen LogP contribution in [0.3, 0.4) is 0 Å². The van der Waals surface area contributed by atoms with Crippen molar-refractivity contribution >= 4 is 17.7 Å². The molecule has 0 aliphatic carbocycles. The average Bonchev–Trinajstić information content (AvgIpc) is 3.10. The van der Waals surface area contributed by atoms with E-state index in [1.165, 1.54) is 4.90 Å². The molecule has 22 heavy (non-hydrogen) atoms. The number of unbranched alkanes of at least 4 members (excludes halogenated alkanes) is 1. The van der Waals surface area contributed by atoms with Crippen molar-refractivity contribution in [2.75, 3.05) is 13.1 Å². The molecule has 0 bridgehead atoms. The van der Waals surface area contributed by atoms with Crippen LogP contribution >= 0.6 is 0 Å². The summed E-state index contributed by atoms with van der Waals surface area (Å²) in [7, 11) is 0. The Hall–Kier alpha value is -2.17. The molecule has 2 heterocycles. The van der Waals surface area contributed by atoms with Crippen molar-refractivity contribution in [3.63, 3.8) is 0 Å². The first-order valence-corrected chi connectivity index (χ1v) is 7.88. The van der Waals surface area contributed by atoms with Crippen LogP contribution in [0.4, 0.5) is 0 Å². The molecule has 0 N–H and O–H groups in total. The first-order valence-electron chi connectivity index (χ1n) is 7.88. The summed E-state index contributed by atoms with van der Waals surface area (Å²) in [5, 5.41) is 0. The van der Waals surface area contributed by atoms with E-state index in [9.17, 15) is 14.4 Å². The van der Waals surface area contributed by atoms with Crippen LogP contribution < -0.4 is 0 Å². The third-order valence-electron chi connectivity index (χ3n) is 4.45. The summed E-state index contributed by atoms with van der Waals surface area (Å²) < 4.78 is 0. The molecule has 0 saturated carbocycles. The number of rotatable bonds is 4. The maximum Gasteiger partial charge on any atom is 0.261 e. The second-order valence-electron chi connectivity index (χ2n) is 5.91. The first kappa shape index (κ1) is 14.8. The van der Waals surface area contributed by atoms with Crippen LogP contribution in [0.5, 0.6) is 0 Å². The van der Waals surface area contributed by atoms with Gasteiger partial charge in [-0.2, -0.15) is 0 Å². The second-order valence-corrected chi connectivity index (χ2v) is 5.91. The standard InChI is InChI=1S/C17H20N2O3/c1-2-3-8-15(20)18-10-9-12(11-18)19-16(21)13-6-4-5-7-14(13)17(19)22/h4-7,12H,2-3,8-11H2,1H3. The van der Waals surface area contributed by atoms with Crippen LogP contribution in [0.1, 0.15) is 53.3 Å². The number of imide groups is 1. The lowest BCUT2D eigenvalue weighted by atomic mass is 10.1. The smallest absolute Gasteiger partial charge is 0.261 e. The van der Waals surface area contributed by atoms with Crippen molar-refractivity contribution in [1.82, 2.24) is 9.80 Å². The van der Waals surface area contributed by atoms with Crippen LogP contribution in [0.2, 0.25) is 0 Å². The van der Waals surface area contributed by atoms with E-state index in [-0.39, 0.29) is 23.8 Å². The van der Waals surface area contributed by atoms with Crippen molar-refractivity contribution in [3.05, 3.63) is 35.4 Å². The summed E-state index contributed by atoms with van der Waals surface area (Å²) in [6, 6.07) is 6.72. The Kier molecular flexibility index (Phi) is 3.96. The Bertz CT molecular complexity index is 591. The van der Waals surface area contributed by atoms with Gasteiger partial charge in [-0.1, -0.05) is 25.5 Å². The van der Waals surface area contributed by atoms with Crippen LogP contribution in [-0.2, 0) is 4.79 Å². The Morgan fingerprint density at radius 2 is 1.82 bits per heavy atom. The van der Waals surface area contributed by atoms with E-state index in [1.807, 2.05) is 0 Å². The number of nitrogens with zero attached hydrogens (tertiary/aromatic N) is 2. The van der Waals surface area contributed by atoms with E-state index >= 15 is 0 Å². The van der Waals surface area contributed by atoms with Crippen molar-refractivity contribution in [3.8, 4) is 0 Å². The quantitative estimate of drug-likeness (QED) is 0.800. The van der Waals surface area contributed by atoms with Gasteiger partial charge in [-0.3, -0.25) is 19.3 Å². The van der Waals surface area contributed by atoms with Gasteiger partial charge in [0.05, 0.1) is 17.2 Å². The van der Waals surface area contributed by atoms with Gasteiger partial charge in [0, 0.05) is 19.5 Å². The lowest BCUT2D eigenvalue weighted by molar-refractivity contribution is -0.130. The Morgan fingerprint density at radius 3 is 2.41 bits per heavy atom. The number of carbonyl (C=O) groups is 3. The Morgan fingerprint density at radius 1 is 1.18 bits per heavy atom. The minimum atomic E-state index is -0.228. The summed E-state index contributed by atoms with van der Waals surface area (Å²) in [5.74, 6) is -0.331. The van der Waals surface area contributed by atoms with Crippen molar-refractivity contribution in [1.29, 1.82) is 0 Å². The molecule has 5 nitrogen and oxygen atoms in total. The molecule has 3 rings (SSSR count). The maximum atomic E-state index is 12.4. The van der Waals surface area contributed by atoms with E-state index < -0.39 is 0 Å². The molecule has 3 amide bonds. The van der Waals surface area contributed by atoms with E-state index in [1.54, 1.807) is 29.2 Å². The maximum absolute atomic E-state index is 12.4. The zero-order chi connectivity index (χ0) is 15.7. The minimum absolute atomic E-state index is 0.126. The molecule has 0 aromatic heterocycles. The van der Waals surface area contributed by atoms with Gasteiger partial charge in [-0.25, -0.2) is 0 Å². The molecule has 1 unspecified atom stereocenters. The fourth-order valence-corrected chi connectivity index (χ4v) is 3.20. The second kappa shape index (κ2) is 5.91.